The van der Waals surface area contributed by atoms with Crippen molar-refractivity contribution in [2.75, 3.05) is 46.3 Å². The summed E-state index contributed by atoms with van der Waals surface area (Å²) in [5.41, 5.74) is 1.80. The quantitative estimate of drug-likeness (QED) is 0.648. The van der Waals surface area contributed by atoms with Crippen LogP contribution in [0.5, 0.6) is 17.2 Å². The van der Waals surface area contributed by atoms with Crippen LogP contribution in [-0.2, 0) is 4.79 Å². The average molecular weight is 372 g/mol. The van der Waals surface area contributed by atoms with E-state index < -0.39 is 0 Å². The van der Waals surface area contributed by atoms with Crippen molar-refractivity contribution in [1.82, 2.24) is 4.90 Å². The predicted molar refractivity (Wildman–Crippen MR) is 107 cm³/mol. The molecule has 1 N–H and O–H groups in total. The third-order valence-electron chi connectivity index (χ3n) is 4.12. The van der Waals surface area contributed by atoms with Crippen molar-refractivity contribution in [3.05, 3.63) is 48.0 Å². The van der Waals surface area contributed by atoms with Gasteiger partial charge < -0.3 is 19.5 Å². The molecule has 27 heavy (non-hydrogen) atoms. The zero-order chi connectivity index (χ0) is 19.6. The number of benzene rings is 2. The van der Waals surface area contributed by atoms with Gasteiger partial charge in [-0.25, -0.2) is 0 Å². The summed E-state index contributed by atoms with van der Waals surface area (Å²) in [7, 11) is 5.06. The van der Waals surface area contributed by atoms with Gasteiger partial charge in [0.2, 0.25) is 5.91 Å². The number of rotatable bonds is 10. The largest absolute Gasteiger partial charge is 0.493 e. The first-order valence-corrected chi connectivity index (χ1v) is 8.92. The number of hydrogen-bond acceptors (Lipinski definition) is 5. The van der Waals surface area contributed by atoms with Crippen molar-refractivity contribution in [1.29, 1.82) is 0 Å². The Kier molecular flexibility index (Phi) is 7.95. The summed E-state index contributed by atoms with van der Waals surface area (Å²) >= 11 is 0. The number of nitrogens with one attached hydrogen (secondary N) is 1. The van der Waals surface area contributed by atoms with Crippen molar-refractivity contribution < 1.29 is 19.0 Å². The van der Waals surface area contributed by atoms with Crippen LogP contribution in [-0.4, -0.2) is 51.8 Å². The summed E-state index contributed by atoms with van der Waals surface area (Å²) in [5, 5.41) is 2.88. The molecule has 146 valence electrons. The van der Waals surface area contributed by atoms with Crippen molar-refractivity contribution in [2.45, 2.75) is 13.3 Å². The lowest BCUT2D eigenvalue weighted by Gasteiger charge is -2.17. The van der Waals surface area contributed by atoms with E-state index in [0.29, 0.717) is 30.3 Å². The molecule has 6 heteroatoms. The summed E-state index contributed by atoms with van der Waals surface area (Å²) in [5.74, 6) is 2.04. The molecule has 0 aliphatic carbocycles. The Morgan fingerprint density at radius 3 is 2.48 bits per heavy atom. The molecular formula is C21H28N2O4. The van der Waals surface area contributed by atoms with Crippen LogP contribution in [0.3, 0.4) is 0 Å². The molecule has 0 fully saturated rings. The van der Waals surface area contributed by atoms with Gasteiger partial charge in [-0.3, -0.25) is 9.69 Å². The monoisotopic (exact) mass is 372 g/mol. The molecule has 0 bridgehead atoms. The maximum absolute atomic E-state index is 12.2. The highest BCUT2D eigenvalue weighted by Crippen LogP contribution is 2.29. The number of amides is 1. The van der Waals surface area contributed by atoms with Gasteiger partial charge in [-0.2, -0.15) is 0 Å². The molecule has 0 unspecified atom stereocenters. The van der Waals surface area contributed by atoms with Crippen molar-refractivity contribution in [3.8, 4) is 17.2 Å². The minimum Gasteiger partial charge on any atom is -0.493 e. The van der Waals surface area contributed by atoms with Gasteiger partial charge in [-0.1, -0.05) is 18.2 Å². The molecule has 2 aromatic carbocycles. The smallest absolute Gasteiger partial charge is 0.238 e. The Morgan fingerprint density at radius 1 is 1.04 bits per heavy atom. The minimum absolute atomic E-state index is 0.0791. The maximum atomic E-state index is 12.2. The lowest BCUT2D eigenvalue weighted by Crippen LogP contribution is -2.31. The number of carbonyl (C=O) groups excluding carboxylic acids is 1. The molecule has 0 saturated heterocycles. The second-order valence-corrected chi connectivity index (χ2v) is 6.32. The number of anilines is 1. The molecule has 6 nitrogen and oxygen atoms in total. The molecule has 0 heterocycles. The third-order valence-corrected chi connectivity index (χ3v) is 4.12. The summed E-state index contributed by atoms with van der Waals surface area (Å²) in [6.45, 7) is 3.72. The SMILES string of the molecule is COc1ccc(NC(=O)CN(C)CCCOc2ccccc2C)cc1OC. The maximum Gasteiger partial charge on any atom is 0.238 e. The fourth-order valence-electron chi connectivity index (χ4n) is 2.67. The first-order valence-electron chi connectivity index (χ1n) is 8.92. The number of ether oxygens (including phenoxy) is 3. The van der Waals surface area contributed by atoms with Gasteiger partial charge in [0.1, 0.15) is 5.75 Å². The third kappa shape index (κ3) is 6.49. The van der Waals surface area contributed by atoms with Gasteiger partial charge in [0.25, 0.3) is 0 Å². The average Bonchev–Trinajstić information content (AvgIpc) is 2.66. The summed E-state index contributed by atoms with van der Waals surface area (Å²) in [6.07, 6.45) is 0.842. The van der Waals surface area contributed by atoms with Crippen LogP contribution in [0.4, 0.5) is 5.69 Å². The number of nitrogens with zero attached hydrogens (tertiary/aromatic N) is 1. The van der Waals surface area contributed by atoms with E-state index in [0.717, 1.165) is 24.3 Å². The highest BCUT2D eigenvalue weighted by atomic mass is 16.5. The van der Waals surface area contributed by atoms with E-state index in [1.807, 2.05) is 43.1 Å². The lowest BCUT2D eigenvalue weighted by molar-refractivity contribution is -0.117. The molecule has 0 aromatic heterocycles. The van der Waals surface area contributed by atoms with Gasteiger partial charge in [0.15, 0.2) is 11.5 Å². The van der Waals surface area contributed by atoms with E-state index in [4.69, 9.17) is 14.2 Å². The highest BCUT2D eigenvalue weighted by Gasteiger charge is 2.10. The molecule has 0 aliphatic heterocycles. The molecular weight excluding hydrogens is 344 g/mol. The van der Waals surface area contributed by atoms with Crippen molar-refractivity contribution >= 4 is 11.6 Å². The van der Waals surface area contributed by atoms with Crippen LogP contribution in [0.1, 0.15) is 12.0 Å². The standard InChI is InChI=1S/C21H28N2O4/c1-16-8-5-6-9-18(16)27-13-7-12-23(2)15-21(24)22-17-10-11-19(25-3)20(14-17)26-4/h5-6,8-11,14H,7,12-13,15H2,1-4H3,(H,22,24). The first kappa shape index (κ1) is 20.6. The fraction of sp³-hybridized carbons (Fsp3) is 0.381. The number of methoxy groups -OCH3 is 2. The Bertz CT molecular complexity index is 749. The Labute approximate surface area is 161 Å². The molecule has 0 saturated carbocycles. The van der Waals surface area contributed by atoms with E-state index in [9.17, 15) is 4.79 Å². The Hall–Kier alpha value is -2.73. The normalized spacial score (nSPS) is 10.6. The topological polar surface area (TPSA) is 60.0 Å². The molecule has 1 amide bonds. The van der Waals surface area contributed by atoms with Crippen LogP contribution in [0, 0.1) is 6.92 Å². The second-order valence-electron chi connectivity index (χ2n) is 6.32. The van der Waals surface area contributed by atoms with Gasteiger partial charge in [0, 0.05) is 18.3 Å². The Morgan fingerprint density at radius 2 is 1.78 bits per heavy atom. The van der Waals surface area contributed by atoms with Gasteiger partial charge in [-0.05, 0) is 44.2 Å². The number of hydrogen-bond donors (Lipinski definition) is 1. The van der Waals surface area contributed by atoms with E-state index in [1.165, 1.54) is 0 Å². The lowest BCUT2D eigenvalue weighted by atomic mass is 10.2. The molecule has 2 aromatic rings. The van der Waals surface area contributed by atoms with Crippen LogP contribution >= 0.6 is 0 Å². The van der Waals surface area contributed by atoms with Crippen LogP contribution in [0.2, 0.25) is 0 Å². The zero-order valence-electron chi connectivity index (χ0n) is 16.5. The minimum atomic E-state index is -0.0791. The Balaban J connectivity index is 1.73. The highest BCUT2D eigenvalue weighted by molar-refractivity contribution is 5.92. The van der Waals surface area contributed by atoms with Crippen molar-refractivity contribution in [2.24, 2.45) is 0 Å². The number of likely N-dealkylation sites (N-methyl/N-ethyl adjacent to an activating group) is 1. The van der Waals surface area contributed by atoms with Crippen LogP contribution < -0.4 is 19.5 Å². The number of aryl methyl sites for hydroxylation is 1. The van der Waals surface area contributed by atoms with E-state index >= 15 is 0 Å². The first-order chi connectivity index (χ1) is 13.0. The second kappa shape index (κ2) is 10.4. The molecule has 0 aliphatic rings. The fourth-order valence-corrected chi connectivity index (χ4v) is 2.67. The number of para-hydroxylation sites is 1. The van der Waals surface area contributed by atoms with E-state index in [1.54, 1.807) is 32.4 Å². The molecule has 0 radical (unpaired) electrons. The van der Waals surface area contributed by atoms with E-state index in [-0.39, 0.29) is 5.91 Å². The van der Waals surface area contributed by atoms with Crippen molar-refractivity contribution in [3.63, 3.8) is 0 Å². The van der Waals surface area contributed by atoms with Crippen LogP contribution in [0.15, 0.2) is 42.5 Å². The molecule has 2 rings (SSSR count). The summed E-state index contributed by atoms with van der Waals surface area (Å²) < 4.78 is 16.2. The predicted octanol–water partition coefficient (Wildman–Crippen LogP) is 3.35. The van der Waals surface area contributed by atoms with Gasteiger partial charge >= 0.3 is 0 Å². The van der Waals surface area contributed by atoms with Crippen LogP contribution in [0.25, 0.3) is 0 Å². The summed E-state index contributed by atoms with van der Waals surface area (Å²) in [4.78, 5) is 14.2. The van der Waals surface area contributed by atoms with Gasteiger partial charge in [-0.15, -0.1) is 0 Å². The molecule has 0 spiro atoms. The summed E-state index contributed by atoms with van der Waals surface area (Å²) in [6, 6.07) is 13.2. The van der Waals surface area contributed by atoms with E-state index in [2.05, 4.69) is 5.32 Å². The molecule has 0 atom stereocenters. The zero-order valence-corrected chi connectivity index (χ0v) is 16.5. The van der Waals surface area contributed by atoms with Gasteiger partial charge in [0.05, 0.1) is 27.4 Å². The number of carbonyl (C=O) groups is 1.